The lowest BCUT2D eigenvalue weighted by Gasteiger charge is -2.39. The van der Waals surface area contributed by atoms with E-state index in [1.165, 1.54) is 22.4 Å². The fourth-order valence-corrected chi connectivity index (χ4v) is 18.7. The van der Waals surface area contributed by atoms with Gasteiger partial charge >= 0.3 is 0 Å². The third kappa shape index (κ3) is 2.94. The van der Waals surface area contributed by atoms with Gasteiger partial charge in [-0.1, -0.05) is 66.7 Å². The minimum Gasteiger partial charge on any atom is -0.176 e. The molecular formula is C23H22S3. The maximum atomic E-state index is 2.53. The average Bonchev–Trinajstić information content (AvgIpc) is 3.32. The van der Waals surface area contributed by atoms with Gasteiger partial charge < -0.3 is 0 Å². The molecule has 0 saturated heterocycles. The third-order valence-corrected chi connectivity index (χ3v) is 18.5. The normalized spacial score (nSPS) is 24.2. The Hall–Kier alpha value is -1.81. The molecule has 2 aliphatic heterocycles. The number of hydrogen-bond donors (Lipinski definition) is 3. The van der Waals surface area contributed by atoms with Crippen LogP contribution in [0.3, 0.4) is 0 Å². The molecule has 0 spiro atoms. The van der Waals surface area contributed by atoms with Crippen molar-refractivity contribution in [3.63, 3.8) is 0 Å². The molecule has 0 aromatic heterocycles. The highest BCUT2D eigenvalue weighted by atomic mass is 33.6. The zero-order chi connectivity index (χ0) is 17.3. The van der Waals surface area contributed by atoms with Gasteiger partial charge in [0.15, 0.2) is 0 Å². The molecule has 3 aromatic rings. The van der Waals surface area contributed by atoms with Crippen LogP contribution >= 0.6 is 28.8 Å². The van der Waals surface area contributed by atoms with E-state index in [0.29, 0.717) is 0 Å². The lowest BCUT2D eigenvalue weighted by atomic mass is 10.2. The van der Waals surface area contributed by atoms with Crippen LogP contribution < -0.4 is 0 Å². The van der Waals surface area contributed by atoms with E-state index >= 15 is 0 Å². The SMILES string of the molecule is C1=C[SH]([SH](Cc2ccccc2)[SH]2C=Cc3ccccc32)c2ccccc21. The van der Waals surface area contributed by atoms with Gasteiger partial charge in [-0.25, -0.2) is 0 Å². The van der Waals surface area contributed by atoms with E-state index in [1.54, 1.807) is 9.79 Å². The van der Waals surface area contributed by atoms with E-state index in [4.69, 9.17) is 0 Å². The Bertz CT molecular complexity index is 930. The summed E-state index contributed by atoms with van der Waals surface area (Å²) < 4.78 is 0. The molecule has 2 unspecified atom stereocenters. The Morgan fingerprint density at radius 1 is 0.577 bits per heavy atom. The van der Waals surface area contributed by atoms with Crippen LogP contribution in [0.4, 0.5) is 0 Å². The Morgan fingerprint density at radius 3 is 1.65 bits per heavy atom. The molecule has 0 N–H and O–H groups in total. The minimum atomic E-state index is -0.222. The van der Waals surface area contributed by atoms with Gasteiger partial charge in [0.05, 0.1) is 0 Å². The first kappa shape index (κ1) is 16.4. The van der Waals surface area contributed by atoms with E-state index in [1.807, 2.05) is 0 Å². The molecule has 3 heteroatoms. The van der Waals surface area contributed by atoms with Crippen LogP contribution in [0.5, 0.6) is 0 Å². The minimum absolute atomic E-state index is 0.156. The highest BCUT2D eigenvalue weighted by Gasteiger charge is 2.27. The topological polar surface area (TPSA) is 0 Å². The Kier molecular flexibility index (Phi) is 4.45. The number of rotatable bonds is 4. The van der Waals surface area contributed by atoms with Crippen molar-refractivity contribution in [2.24, 2.45) is 0 Å². The maximum absolute atomic E-state index is 2.53. The van der Waals surface area contributed by atoms with Crippen molar-refractivity contribution < 1.29 is 0 Å². The highest BCUT2D eigenvalue weighted by molar-refractivity contribution is 9.25. The summed E-state index contributed by atoms with van der Waals surface area (Å²) >= 11 is 0. The predicted molar refractivity (Wildman–Crippen MR) is 125 cm³/mol. The van der Waals surface area contributed by atoms with E-state index in [9.17, 15) is 0 Å². The van der Waals surface area contributed by atoms with Crippen molar-refractivity contribution in [3.05, 3.63) is 106 Å². The second kappa shape index (κ2) is 7.07. The van der Waals surface area contributed by atoms with Crippen LogP contribution in [0, 0.1) is 0 Å². The summed E-state index contributed by atoms with van der Waals surface area (Å²) in [5.41, 5.74) is 4.36. The molecule has 0 nitrogen and oxygen atoms in total. The fourth-order valence-electron chi connectivity index (χ4n) is 3.54. The van der Waals surface area contributed by atoms with Crippen molar-refractivity contribution in [3.8, 4) is 0 Å². The molecule has 0 radical (unpaired) electrons. The van der Waals surface area contributed by atoms with Crippen LogP contribution in [0.1, 0.15) is 16.7 Å². The molecule has 0 fully saturated rings. The van der Waals surface area contributed by atoms with Crippen LogP contribution in [0.15, 0.2) is 99.5 Å². The van der Waals surface area contributed by atoms with Crippen molar-refractivity contribution in [2.45, 2.75) is 15.5 Å². The van der Waals surface area contributed by atoms with Gasteiger partial charge in [-0.05, 0) is 51.8 Å². The zero-order valence-corrected chi connectivity index (χ0v) is 17.0. The standard InChI is InChI=1S/C23H22S3/c1-2-8-19(9-3-1)18-26(24-16-14-20-10-4-6-12-22(20)24)25-17-15-21-11-5-7-13-23(21)25/h1-17,24-26H,18H2. The molecule has 0 saturated carbocycles. The smallest absolute Gasteiger partial charge is 0.0152 e. The van der Waals surface area contributed by atoms with E-state index < -0.39 is 0 Å². The van der Waals surface area contributed by atoms with Gasteiger partial charge in [0, 0.05) is 15.5 Å². The first-order chi connectivity index (χ1) is 12.9. The van der Waals surface area contributed by atoms with Crippen molar-refractivity contribution in [1.29, 1.82) is 0 Å². The lowest BCUT2D eigenvalue weighted by molar-refractivity contribution is 1.42. The van der Waals surface area contributed by atoms with Crippen LogP contribution in [-0.4, -0.2) is 0 Å². The first-order valence-electron chi connectivity index (χ1n) is 8.84. The summed E-state index contributed by atoms with van der Waals surface area (Å²) in [4.78, 5) is 3.18. The summed E-state index contributed by atoms with van der Waals surface area (Å²) in [6.45, 7) is 0. The fraction of sp³-hybridized carbons (Fsp3) is 0.0435. The number of fused-ring (bicyclic) bond motifs is 2. The van der Waals surface area contributed by atoms with E-state index in [0.717, 1.165) is 0 Å². The Morgan fingerprint density at radius 2 is 1.08 bits per heavy atom. The van der Waals surface area contributed by atoms with Gasteiger partial charge in [0.25, 0.3) is 0 Å². The number of hydrogen-bond acceptors (Lipinski definition) is 0. The van der Waals surface area contributed by atoms with Crippen LogP contribution in [0.25, 0.3) is 12.2 Å². The van der Waals surface area contributed by atoms with E-state index in [-0.39, 0.29) is 28.8 Å². The van der Waals surface area contributed by atoms with Gasteiger partial charge in [-0.15, -0.1) is 0 Å². The van der Waals surface area contributed by atoms with Gasteiger partial charge in [0.2, 0.25) is 0 Å². The van der Waals surface area contributed by atoms with Crippen molar-refractivity contribution in [2.75, 3.05) is 0 Å². The van der Waals surface area contributed by atoms with Gasteiger partial charge in [-0.2, -0.15) is 28.8 Å². The average molecular weight is 395 g/mol. The Labute approximate surface area is 162 Å². The molecule has 3 aromatic carbocycles. The maximum Gasteiger partial charge on any atom is 0.0152 e. The zero-order valence-electron chi connectivity index (χ0n) is 14.4. The molecule has 2 heterocycles. The quantitative estimate of drug-likeness (QED) is 0.305. The molecule has 5 rings (SSSR count). The summed E-state index contributed by atoms with van der Waals surface area (Å²) in [6.07, 6.45) is 4.73. The third-order valence-electron chi connectivity index (χ3n) is 4.82. The largest absolute Gasteiger partial charge is 0.176 e. The van der Waals surface area contributed by atoms with E-state index in [2.05, 4.69) is 102 Å². The van der Waals surface area contributed by atoms with Gasteiger partial charge in [-0.3, -0.25) is 0 Å². The molecule has 0 aliphatic carbocycles. The summed E-state index contributed by atoms with van der Waals surface area (Å²) in [6, 6.07) is 29.1. The molecule has 132 valence electrons. The summed E-state index contributed by atoms with van der Waals surface area (Å²) in [7, 11) is -0.600. The highest BCUT2D eigenvalue weighted by Crippen LogP contribution is 2.80. The molecule has 2 aliphatic rings. The molecule has 26 heavy (non-hydrogen) atoms. The second-order valence-electron chi connectivity index (χ2n) is 6.45. The lowest BCUT2D eigenvalue weighted by Crippen LogP contribution is -1.90. The van der Waals surface area contributed by atoms with Gasteiger partial charge in [0.1, 0.15) is 0 Å². The summed E-state index contributed by atoms with van der Waals surface area (Å²) in [5, 5.41) is 5.07. The summed E-state index contributed by atoms with van der Waals surface area (Å²) in [5.74, 6) is 1.21. The molecule has 2 atom stereocenters. The van der Waals surface area contributed by atoms with Crippen molar-refractivity contribution in [1.82, 2.24) is 0 Å². The Balaban J connectivity index is 1.57. The first-order valence-corrected chi connectivity index (χ1v) is 14.6. The van der Waals surface area contributed by atoms with Crippen molar-refractivity contribution >= 4 is 41.0 Å². The van der Waals surface area contributed by atoms with Crippen LogP contribution in [-0.2, 0) is 5.75 Å². The molecule has 0 amide bonds. The number of benzene rings is 3. The second-order valence-corrected chi connectivity index (χ2v) is 16.9. The molecular weight excluding hydrogens is 372 g/mol. The van der Waals surface area contributed by atoms with Crippen LogP contribution in [0.2, 0.25) is 0 Å². The predicted octanol–water partition coefficient (Wildman–Crippen LogP) is 7.11. The monoisotopic (exact) mass is 394 g/mol. The molecule has 0 bridgehead atoms. The number of thiol groups is 3.